The second-order valence-corrected chi connectivity index (χ2v) is 7.22. The summed E-state index contributed by atoms with van der Waals surface area (Å²) in [6.45, 7) is 13.4. The van der Waals surface area contributed by atoms with Gasteiger partial charge in [0.1, 0.15) is 0 Å². The van der Waals surface area contributed by atoms with Crippen LogP contribution in [0.2, 0.25) is 0 Å². The van der Waals surface area contributed by atoms with Crippen LogP contribution in [-0.4, -0.2) is 36.9 Å². The minimum atomic E-state index is -0.361. The van der Waals surface area contributed by atoms with Crippen LogP contribution in [-0.2, 0) is 9.31 Å². The molecule has 2 rings (SSSR count). The Balaban J connectivity index is 2.27. The normalized spacial score (nSPS) is 20.9. The average Bonchev–Trinajstić information content (AvgIpc) is 2.77. The molecule has 0 radical (unpaired) electrons. The number of anilines is 1. The summed E-state index contributed by atoms with van der Waals surface area (Å²) in [5.74, 6) is 0. The van der Waals surface area contributed by atoms with Gasteiger partial charge >= 0.3 is 7.12 Å². The van der Waals surface area contributed by atoms with Gasteiger partial charge in [-0.25, -0.2) is 4.98 Å². The van der Waals surface area contributed by atoms with Gasteiger partial charge in [-0.15, -0.1) is 11.3 Å². The Bertz CT molecular complexity index is 457. The summed E-state index contributed by atoms with van der Waals surface area (Å²) in [4.78, 5) is 7.98. The second-order valence-electron chi connectivity index (χ2n) is 6.04. The number of aromatic nitrogens is 1. The maximum atomic E-state index is 6.06. The van der Waals surface area contributed by atoms with Crippen molar-refractivity contribution >= 4 is 29.2 Å². The summed E-state index contributed by atoms with van der Waals surface area (Å²) in [5.41, 5.74) is 0.286. The van der Waals surface area contributed by atoms with Crippen LogP contribution in [0.5, 0.6) is 0 Å². The third-order valence-electron chi connectivity index (χ3n) is 4.10. The highest BCUT2D eigenvalue weighted by atomic mass is 32.1. The lowest BCUT2D eigenvalue weighted by molar-refractivity contribution is 0.00578. The van der Waals surface area contributed by atoms with Gasteiger partial charge in [0.25, 0.3) is 0 Å². The molecule has 2 heterocycles. The number of aryl methyl sites for hydroxylation is 1. The van der Waals surface area contributed by atoms with E-state index in [2.05, 4.69) is 51.4 Å². The molecule has 4 nitrogen and oxygen atoms in total. The van der Waals surface area contributed by atoms with Crippen LogP contribution in [0.1, 0.15) is 39.5 Å². The van der Waals surface area contributed by atoms with Crippen LogP contribution in [0.25, 0.3) is 0 Å². The fourth-order valence-corrected chi connectivity index (χ4v) is 2.81. The van der Waals surface area contributed by atoms with Gasteiger partial charge in [0.05, 0.1) is 16.8 Å². The molecular formula is C13H23BN2O2S. The lowest BCUT2D eigenvalue weighted by atomic mass is 9.84. The van der Waals surface area contributed by atoms with Gasteiger partial charge in [-0.3, -0.25) is 0 Å². The van der Waals surface area contributed by atoms with Crippen LogP contribution in [0.3, 0.4) is 0 Å². The average molecular weight is 282 g/mol. The summed E-state index contributed by atoms with van der Waals surface area (Å²) < 4.78 is 12.1. The molecule has 19 heavy (non-hydrogen) atoms. The highest BCUT2D eigenvalue weighted by Crippen LogP contribution is 2.37. The number of hydrogen-bond donors (Lipinski definition) is 0. The molecule has 0 unspecified atom stereocenters. The van der Waals surface area contributed by atoms with Crippen LogP contribution in [0, 0.1) is 6.92 Å². The summed E-state index contributed by atoms with van der Waals surface area (Å²) in [7, 11) is 1.69. The minimum absolute atomic E-state index is 0.315. The minimum Gasteiger partial charge on any atom is -0.398 e. The molecule has 0 spiro atoms. The summed E-state index contributed by atoms with van der Waals surface area (Å²) in [5, 5.41) is 1.02. The number of thiazole rings is 1. The zero-order valence-corrected chi connectivity index (χ0v) is 13.7. The van der Waals surface area contributed by atoms with Crippen molar-refractivity contribution in [1.29, 1.82) is 0 Å². The van der Waals surface area contributed by atoms with E-state index in [1.165, 1.54) is 0 Å². The second kappa shape index (κ2) is 4.75. The number of hydrogen-bond acceptors (Lipinski definition) is 5. The molecule has 0 aliphatic carbocycles. The Labute approximate surface area is 120 Å². The molecule has 0 N–H and O–H groups in total. The predicted molar refractivity (Wildman–Crippen MR) is 81.5 cm³/mol. The van der Waals surface area contributed by atoms with Gasteiger partial charge in [0, 0.05) is 18.5 Å². The first-order valence-electron chi connectivity index (χ1n) is 6.72. The van der Waals surface area contributed by atoms with E-state index < -0.39 is 0 Å². The largest absolute Gasteiger partial charge is 0.515 e. The smallest absolute Gasteiger partial charge is 0.398 e. The lowest BCUT2D eigenvalue weighted by Gasteiger charge is -2.32. The van der Waals surface area contributed by atoms with Crippen molar-refractivity contribution in [2.45, 2.75) is 52.7 Å². The van der Waals surface area contributed by atoms with E-state index in [-0.39, 0.29) is 18.3 Å². The van der Waals surface area contributed by atoms with Crippen LogP contribution in [0.4, 0.5) is 5.13 Å². The number of rotatable bonds is 3. The first-order valence-corrected chi connectivity index (χ1v) is 7.53. The highest BCUT2D eigenvalue weighted by Gasteiger charge is 2.53. The molecule has 106 valence electrons. The van der Waals surface area contributed by atoms with Gasteiger partial charge in [-0.05, 0) is 41.5 Å². The lowest BCUT2D eigenvalue weighted by Crippen LogP contribution is -2.41. The van der Waals surface area contributed by atoms with Crippen molar-refractivity contribution in [3.63, 3.8) is 0 Å². The zero-order chi connectivity index (χ0) is 14.4. The Morgan fingerprint density at radius 2 is 1.74 bits per heavy atom. The maximum Gasteiger partial charge on any atom is 0.515 e. The quantitative estimate of drug-likeness (QED) is 0.796. The van der Waals surface area contributed by atoms with E-state index in [0.717, 1.165) is 22.1 Å². The molecule has 1 aromatic heterocycles. The van der Waals surface area contributed by atoms with E-state index in [0.29, 0.717) is 0 Å². The Morgan fingerprint density at radius 1 is 1.21 bits per heavy atom. The van der Waals surface area contributed by atoms with E-state index in [1.807, 2.05) is 7.05 Å². The fraction of sp³-hybridized carbons (Fsp3) is 0.769. The van der Waals surface area contributed by atoms with Crippen molar-refractivity contribution in [2.24, 2.45) is 0 Å². The van der Waals surface area contributed by atoms with Gasteiger partial charge in [-0.1, -0.05) is 0 Å². The fourth-order valence-electron chi connectivity index (χ4n) is 1.87. The summed E-state index contributed by atoms with van der Waals surface area (Å²) in [6, 6.07) is 0. The molecule has 1 aliphatic heterocycles. The van der Waals surface area contributed by atoms with E-state index in [9.17, 15) is 0 Å². The van der Waals surface area contributed by atoms with Gasteiger partial charge in [0.2, 0.25) is 0 Å². The van der Waals surface area contributed by atoms with Gasteiger partial charge in [-0.2, -0.15) is 0 Å². The van der Waals surface area contributed by atoms with E-state index >= 15 is 0 Å². The Hall–Kier alpha value is -0.585. The van der Waals surface area contributed by atoms with Gasteiger partial charge < -0.3 is 14.2 Å². The standard InChI is InChI=1S/C13H23BN2O2S/c1-8-16(7)11-15-10(9(2)19-11)14-17-12(3,4)13(5,6)18-14/h8H2,1-7H3. The molecule has 1 aliphatic rings. The topological polar surface area (TPSA) is 34.6 Å². The van der Waals surface area contributed by atoms with Crippen LogP contribution >= 0.6 is 11.3 Å². The molecule has 0 atom stereocenters. The van der Waals surface area contributed by atoms with Crippen molar-refractivity contribution in [2.75, 3.05) is 18.5 Å². The molecule has 0 bridgehead atoms. The summed E-state index contributed by atoms with van der Waals surface area (Å²) in [6.07, 6.45) is 0. The monoisotopic (exact) mass is 282 g/mol. The van der Waals surface area contributed by atoms with Crippen molar-refractivity contribution in [3.8, 4) is 0 Å². The van der Waals surface area contributed by atoms with Crippen LogP contribution in [0.15, 0.2) is 0 Å². The van der Waals surface area contributed by atoms with Gasteiger partial charge in [0.15, 0.2) is 5.13 Å². The van der Waals surface area contributed by atoms with E-state index in [4.69, 9.17) is 9.31 Å². The molecular weight excluding hydrogens is 259 g/mol. The molecule has 1 aromatic rings. The molecule has 0 amide bonds. The van der Waals surface area contributed by atoms with Crippen LogP contribution < -0.4 is 10.5 Å². The summed E-state index contributed by atoms with van der Waals surface area (Å²) >= 11 is 1.69. The first kappa shape index (κ1) is 14.8. The first-order chi connectivity index (χ1) is 8.68. The zero-order valence-electron chi connectivity index (χ0n) is 12.9. The van der Waals surface area contributed by atoms with Crippen molar-refractivity contribution < 1.29 is 9.31 Å². The number of nitrogens with zero attached hydrogens (tertiary/aromatic N) is 2. The van der Waals surface area contributed by atoms with E-state index in [1.54, 1.807) is 11.3 Å². The third kappa shape index (κ3) is 2.53. The van der Waals surface area contributed by atoms with Crippen molar-refractivity contribution in [1.82, 2.24) is 4.98 Å². The molecule has 1 saturated heterocycles. The third-order valence-corrected chi connectivity index (χ3v) is 5.20. The molecule has 1 fully saturated rings. The predicted octanol–water partition coefficient (Wildman–Crippen LogP) is 2.21. The molecule has 6 heteroatoms. The van der Waals surface area contributed by atoms with Crippen molar-refractivity contribution in [3.05, 3.63) is 4.88 Å². The Morgan fingerprint density at radius 3 is 2.21 bits per heavy atom. The SMILES string of the molecule is CCN(C)c1nc(B2OC(C)(C)C(C)(C)O2)c(C)s1. The highest BCUT2D eigenvalue weighted by molar-refractivity contribution is 7.16. The molecule has 0 aromatic carbocycles. The molecule has 0 saturated carbocycles. The maximum absolute atomic E-state index is 6.06. The Kier molecular flexibility index (Phi) is 3.71.